The number of benzene rings is 1. The number of hydrogen-bond acceptors (Lipinski definition) is 3. The summed E-state index contributed by atoms with van der Waals surface area (Å²) in [5, 5.41) is 9.17. The molecule has 1 saturated heterocycles. The van der Waals surface area contributed by atoms with E-state index in [0.29, 0.717) is 11.6 Å². The third kappa shape index (κ3) is 5.56. The molecule has 1 aromatic carbocycles. The number of nitrogens with one attached hydrogen (secondary N) is 3. The molecule has 2 amide bonds. The second kappa shape index (κ2) is 7.16. The fourth-order valence-corrected chi connectivity index (χ4v) is 3.84. The molecule has 1 heterocycles. The van der Waals surface area contributed by atoms with Gasteiger partial charge in [-0.25, -0.2) is 0 Å². The molecule has 0 aliphatic carbocycles. The number of piperidine rings is 1. The maximum Gasteiger partial charge on any atom is 0.313 e. The van der Waals surface area contributed by atoms with Gasteiger partial charge >= 0.3 is 11.8 Å². The van der Waals surface area contributed by atoms with Gasteiger partial charge in [-0.15, -0.1) is 0 Å². The van der Waals surface area contributed by atoms with Crippen molar-refractivity contribution in [2.75, 3.05) is 5.32 Å². The molecular weight excluding hydrogens is 314 g/mol. The minimum absolute atomic E-state index is 0.0218. The van der Waals surface area contributed by atoms with Gasteiger partial charge in [-0.05, 0) is 64.2 Å². The predicted molar refractivity (Wildman–Crippen MR) is 102 cm³/mol. The Morgan fingerprint density at radius 3 is 2.24 bits per heavy atom. The van der Waals surface area contributed by atoms with Gasteiger partial charge in [-0.1, -0.05) is 26.0 Å². The van der Waals surface area contributed by atoms with Gasteiger partial charge < -0.3 is 16.0 Å². The van der Waals surface area contributed by atoms with Crippen molar-refractivity contribution in [1.29, 1.82) is 0 Å². The monoisotopic (exact) mass is 345 g/mol. The van der Waals surface area contributed by atoms with Crippen molar-refractivity contribution in [3.8, 4) is 0 Å². The molecule has 0 radical (unpaired) electrons. The zero-order chi connectivity index (χ0) is 18.8. The SMILES string of the molecule is CC(C)c1cccc(NC(=O)C(=O)NC2CC(C)(C)NC(C)(C)C2)c1. The van der Waals surface area contributed by atoms with Crippen LogP contribution in [-0.4, -0.2) is 28.9 Å². The first-order valence-corrected chi connectivity index (χ1v) is 8.99. The molecule has 1 fully saturated rings. The summed E-state index contributed by atoms with van der Waals surface area (Å²) in [5.74, 6) is -0.826. The summed E-state index contributed by atoms with van der Waals surface area (Å²) < 4.78 is 0. The summed E-state index contributed by atoms with van der Waals surface area (Å²) in [5.41, 5.74) is 1.61. The Kier molecular flexibility index (Phi) is 5.57. The molecule has 0 aromatic heterocycles. The third-order valence-corrected chi connectivity index (χ3v) is 4.54. The van der Waals surface area contributed by atoms with E-state index in [1.165, 1.54) is 0 Å². The number of carbonyl (C=O) groups is 2. The van der Waals surface area contributed by atoms with Crippen LogP contribution in [0.2, 0.25) is 0 Å². The lowest BCUT2D eigenvalue weighted by atomic mass is 9.79. The average molecular weight is 345 g/mol. The van der Waals surface area contributed by atoms with Gasteiger partial charge in [0.2, 0.25) is 0 Å². The van der Waals surface area contributed by atoms with Crippen LogP contribution in [-0.2, 0) is 9.59 Å². The maximum absolute atomic E-state index is 12.3. The van der Waals surface area contributed by atoms with Gasteiger partial charge in [0.15, 0.2) is 0 Å². The quantitative estimate of drug-likeness (QED) is 0.737. The molecule has 0 bridgehead atoms. The Morgan fingerprint density at radius 1 is 1.08 bits per heavy atom. The Morgan fingerprint density at radius 2 is 1.68 bits per heavy atom. The van der Waals surface area contributed by atoms with E-state index in [0.717, 1.165) is 18.4 Å². The summed E-state index contributed by atoms with van der Waals surface area (Å²) in [6.45, 7) is 12.6. The average Bonchev–Trinajstić information content (AvgIpc) is 2.43. The summed E-state index contributed by atoms with van der Waals surface area (Å²) in [6, 6.07) is 7.59. The fourth-order valence-electron chi connectivity index (χ4n) is 3.84. The first kappa shape index (κ1) is 19.4. The number of rotatable bonds is 3. The standard InChI is InChI=1S/C20H31N3O2/c1-13(2)14-8-7-9-15(10-14)21-17(24)18(25)22-16-11-19(3,4)23-20(5,6)12-16/h7-10,13,16,23H,11-12H2,1-6H3,(H,21,24)(H,22,25). The third-order valence-electron chi connectivity index (χ3n) is 4.54. The summed E-state index contributed by atoms with van der Waals surface area (Å²) in [4.78, 5) is 24.6. The molecule has 5 heteroatoms. The van der Waals surface area contributed by atoms with Crippen LogP contribution < -0.4 is 16.0 Å². The minimum Gasteiger partial charge on any atom is -0.345 e. The topological polar surface area (TPSA) is 70.2 Å². The smallest absolute Gasteiger partial charge is 0.313 e. The molecule has 25 heavy (non-hydrogen) atoms. The second-order valence-electron chi connectivity index (χ2n) is 8.71. The van der Waals surface area contributed by atoms with Crippen LogP contribution in [0.1, 0.15) is 65.9 Å². The van der Waals surface area contributed by atoms with Crippen molar-refractivity contribution in [1.82, 2.24) is 10.6 Å². The fraction of sp³-hybridized carbons (Fsp3) is 0.600. The van der Waals surface area contributed by atoms with Crippen molar-refractivity contribution in [2.24, 2.45) is 0 Å². The molecule has 0 saturated carbocycles. The van der Waals surface area contributed by atoms with Gasteiger partial charge in [-0.3, -0.25) is 9.59 Å². The number of amides is 2. The van der Waals surface area contributed by atoms with Gasteiger partial charge in [0.1, 0.15) is 0 Å². The molecule has 138 valence electrons. The summed E-state index contributed by atoms with van der Waals surface area (Å²) in [6.07, 6.45) is 1.58. The normalized spacial score (nSPS) is 19.5. The molecule has 2 rings (SSSR count). The van der Waals surface area contributed by atoms with Crippen molar-refractivity contribution < 1.29 is 9.59 Å². The molecule has 0 spiro atoms. The summed E-state index contributed by atoms with van der Waals surface area (Å²) >= 11 is 0. The number of hydrogen-bond donors (Lipinski definition) is 3. The van der Waals surface area contributed by atoms with Gasteiger partial charge in [0.05, 0.1) is 0 Å². The Labute approximate surface area is 151 Å². The first-order chi connectivity index (χ1) is 11.5. The Balaban J connectivity index is 1.98. The van der Waals surface area contributed by atoms with Gasteiger partial charge in [-0.2, -0.15) is 0 Å². The van der Waals surface area contributed by atoms with Gasteiger partial charge in [0, 0.05) is 22.8 Å². The van der Waals surface area contributed by atoms with Crippen LogP contribution in [0.3, 0.4) is 0 Å². The molecule has 3 N–H and O–H groups in total. The predicted octanol–water partition coefficient (Wildman–Crippen LogP) is 3.17. The first-order valence-electron chi connectivity index (χ1n) is 8.99. The van der Waals surface area contributed by atoms with E-state index < -0.39 is 11.8 Å². The molecule has 1 aromatic rings. The Bertz CT molecular complexity index is 634. The molecule has 5 nitrogen and oxygen atoms in total. The van der Waals surface area contributed by atoms with Crippen LogP contribution in [0.25, 0.3) is 0 Å². The number of carbonyl (C=O) groups excluding carboxylic acids is 2. The van der Waals surface area contributed by atoms with Crippen molar-refractivity contribution in [3.05, 3.63) is 29.8 Å². The van der Waals surface area contributed by atoms with Crippen LogP contribution in [0, 0.1) is 0 Å². The lowest BCUT2D eigenvalue weighted by molar-refractivity contribution is -0.137. The highest BCUT2D eigenvalue weighted by molar-refractivity contribution is 6.39. The molecule has 0 unspecified atom stereocenters. The van der Waals surface area contributed by atoms with E-state index >= 15 is 0 Å². The van der Waals surface area contributed by atoms with E-state index in [1.54, 1.807) is 6.07 Å². The summed E-state index contributed by atoms with van der Waals surface area (Å²) in [7, 11) is 0. The van der Waals surface area contributed by atoms with Crippen molar-refractivity contribution >= 4 is 17.5 Å². The van der Waals surface area contributed by atoms with Crippen molar-refractivity contribution in [3.63, 3.8) is 0 Å². The van der Waals surface area contributed by atoms with Crippen LogP contribution >= 0.6 is 0 Å². The van der Waals surface area contributed by atoms with Crippen molar-refractivity contribution in [2.45, 2.75) is 77.4 Å². The largest absolute Gasteiger partial charge is 0.345 e. The van der Waals surface area contributed by atoms with E-state index in [-0.39, 0.29) is 17.1 Å². The van der Waals surface area contributed by atoms with E-state index in [4.69, 9.17) is 0 Å². The molecule has 0 atom stereocenters. The highest BCUT2D eigenvalue weighted by atomic mass is 16.2. The van der Waals surface area contributed by atoms with E-state index in [2.05, 4.69) is 57.5 Å². The lowest BCUT2D eigenvalue weighted by Crippen LogP contribution is -2.62. The van der Waals surface area contributed by atoms with Gasteiger partial charge in [0.25, 0.3) is 0 Å². The minimum atomic E-state index is -0.616. The Hall–Kier alpha value is -1.88. The molecule has 1 aliphatic heterocycles. The zero-order valence-corrected chi connectivity index (χ0v) is 16.2. The van der Waals surface area contributed by atoms with E-state index in [9.17, 15) is 9.59 Å². The highest BCUT2D eigenvalue weighted by Crippen LogP contribution is 2.28. The molecular formula is C20H31N3O2. The van der Waals surface area contributed by atoms with Crippen LogP contribution in [0.4, 0.5) is 5.69 Å². The maximum atomic E-state index is 12.3. The second-order valence-corrected chi connectivity index (χ2v) is 8.71. The highest BCUT2D eigenvalue weighted by Gasteiger charge is 2.38. The van der Waals surface area contributed by atoms with Crippen LogP contribution in [0.15, 0.2) is 24.3 Å². The molecule has 1 aliphatic rings. The van der Waals surface area contributed by atoms with E-state index in [1.807, 2.05) is 18.2 Å². The zero-order valence-electron chi connectivity index (χ0n) is 16.2. The number of anilines is 1. The lowest BCUT2D eigenvalue weighted by Gasteiger charge is -2.46. The van der Waals surface area contributed by atoms with Crippen LogP contribution in [0.5, 0.6) is 0 Å².